The average molecular weight is 249 g/mol. The van der Waals surface area contributed by atoms with Crippen LogP contribution in [0.3, 0.4) is 0 Å². The number of aromatic nitrogens is 2. The van der Waals surface area contributed by atoms with Gasteiger partial charge in [0.05, 0.1) is 0 Å². The van der Waals surface area contributed by atoms with Crippen LogP contribution >= 0.6 is 0 Å². The Balaban J connectivity index is 2.13. The van der Waals surface area contributed by atoms with Gasteiger partial charge in [-0.1, -0.05) is 12.8 Å². The minimum Gasteiger partial charge on any atom is -0.363 e. The third-order valence-corrected chi connectivity index (χ3v) is 3.90. The molecule has 1 aliphatic carbocycles. The smallest absolute Gasteiger partial charge is 0.293 e. The van der Waals surface area contributed by atoms with Crippen LogP contribution in [0.5, 0.6) is 0 Å². The molecule has 1 unspecified atom stereocenters. The topological polar surface area (TPSA) is 46.9 Å². The number of anilines is 1. The minimum atomic E-state index is -0.0163. The molecular formula is C14H23N3O. The number of nitrogens with one attached hydrogen (secondary N) is 1. The SMILES string of the molecule is CC(Nc1nccn(C(C)C)c1=O)C1CCCC1. The predicted molar refractivity (Wildman–Crippen MR) is 73.9 cm³/mol. The molecule has 1 heterocycles. The summed E-state index contributed by atoms with van der Waals surface area (Å²) in [5.41, 5.74) is -0.0163. The molecule has 1 aromatic rings. The molecule has 1 atom stereocenters. The first-order chi connectivity index (χ1) is 8.59. The fourth-order valence-electron chi connectivity index (χ4n) is 2.72. The largest absolute Gasteiger partial charge is 0.363 e. The third kappa shape index (κ3) is 2.74. The van der Waals surface area contributed by atoms with Crippen molar-refractivity contribution in [3.8, 4) is 0 Å². The summed E-state index contributed by atoms with van der Waals surface area (Å²) in [4.78, 5) is 16.4. The van der Waals surface area contributed by atoms with Crippen molar-refractivity contribution < 1.29 is 0 Å². The summed E-state index contributed by atoms with van der Waals surface area (Å²) in [6, 6.07) is 0.499. The van der Waals surface area contributed by atoms with Gasteiger partial charge in [0.1, 0.15) is 0 Å². The normalized spacial score (nSPS) is 18.2. The molecule has 1 N–H and O–H groups in total. The molecule has 4 nitrogen and oxygen atoms in total. The zero-order valence-corrected chi connectivity index (χ0v) is 11.5. The molecule has 1 fully saturated rings. The van der Waals surface area contributed by atoms with Crippen molar-refractivity contribution in [3.63, 3.8) is 0 Å². The lowest BCUT2D eigenvalue weighted by Gasteiger charge is -2.21. The van der Waals surface area contributed by atoms with Crippen molar-refractivity contribution in [1.29, 1.82) is 0 Å². The van der Waals surface area contributed by atoms with E-state index in [2.05, 4.69) is 17.2 Å². The first-order valence-corrected chi connectivity index (χ1v) is 6.93. The zero-order valence-electron chi connectivity index (χ0n) is 11.5. The molecule has 1 saturated carbocycles. The highest BCUT2D eigenvalue weighted by Crippen LogP contribution is 2.28. The Morgan fingerprint density at radius 2 is 2.00 bits per heavy atom. The lowest BCUT2D eigenvalue weighted by atomic mass is 10.00. The highest BCUT2D eigenvalue weighted by molar-refractivity contribution is 5.32. The van der Waals surface area contributed by atoms with Gasteiger partial charge in [-0.15, -0.1) is 0 Å². The Morgan fingerprint density at radius 3 is 2.61 bits per heavy atom. The van der Waals surface area contributed by atoms with Crippen molar-refractivity contribution in [3.05, 3.63) is 22.7 Å². The maximum absolute atomic E-state index is 12.2. The number of nitrogens with zero attached hydrogens (tertiary/aromatic N) is 2. The van der Waals surface area contributed by atoms with Crippen LogP contribution in [0, 0.1) is 5.92 Å². The molecule has 0 aliphatic heterocycles. The van der Waals surface area contributed by atoms with Crippen molar-refractivity contribution in [2.45, 2.75) is 58.5 Å². The van der Waals surface area contributed by atoms with Gasteiger partial charge in [0, 0.05) is 24.5 Å². The standard InChI is InChI=1S/C14H23N3O/c1-10(2)17-9-8-15-13(14(17)18)16-11(3)12-6-4-5-7-12/h8-12H,4-7H2,1-3H3,(H,15,16). The zero-order chi connectivity index (χ0) is 13.1. The molecule has 100 valence electrons. The first-order valence-electron chi connectivity index (χ1n) is 6.93. The summed E-state index contributed by atoms with van der Waals surface area (Å²) in [5.74, 6) is 1.17. The monoisotopic (exact) mass is 249 g/mol. The lowest BCUT2D eigenvalue weighted by Crippen LogP contribution is -2.31. The van der Waals surface area contributed by atoms with E-state index < -0.39 is 0 Å². The fourth-order valence-corrected chi connectivity index (χ4v) is 2.72. The molecule has 1 aliphatic rings. The average Bonchev–Trinajstić information content (AvgIpc) is 2.85. The van der Waals surface area contributed by atoms with Gasteiger partial charge in [-0.25, -0.2) is 4.98 Å². The van der Waals surface area contributed by atoms with Gasteiger partial charge in [-0.2, -0.15) is 0 Å². The van der Waals surface area contributed by atoms with Gasteiger partial charge in [0.2, 0.25) is 0 Å². The highest BCUT2D eigenvalue weighted by atomic mass is 16.1. The maximum Gasteiger partial charge on any atom is 0.293 e. The highest BCUT2D eigenvalue weighted by Gasteiger charge is 2.22. The lowest BCUT2D eigenvalue weighted by molar-refractivity contribution is 0.479. The second-order valence-corrected chi connectivity index (χ2v) is 5.56. The van der Waals surface area contributed by atoms with Crippen molar-refractivity contribution in [2.24, 2.45) is 5.92 Å². The number of rotatable bonds is 4. The van der Waals surface area contributed by atoms with Gasteiger partial charge in [0.25, 0.3) is 5.56 Å². The van der Waals surface area contributed by atoms with Crippen molar-refractivity contribution in [1.82, 2.24) is 9.55 Å². The van der Waals surface area contributed by atoms with Gasteiger partial charge >= 0.3 is 0 Å². The Morgan fingerprint density at radius 1 is 1.33 bits per heavy atom. The van der Waals surface area contributed by atoms with E-state index in [4.69, 9.17) is 0 Å². The van der Waals surface area contributed by atoms with Crippen LogP contribution < -0.4 is 10.9 Å². The summed E-state index contributed by atoms with van der Waals surface area (Å²) in [7, 11) is 0. The minimum absolute atomic E-state index is 0.0163. The Bertz CT molecular complexity index is 447. The number of hydrogen-bond donors (Lipinski definition) is 1. The van der Waals surface area contributed by atoms with Crippen LogP contribution in [-0.2, 0) is 0 Å². The van der Waals surface area contributed by atoms with E-state index in [0.717, 1.165) is 0 Å². The molecule has 0 aromatic carbocycles. The van der Waals surface area contributed by atoms with Crippen LogP contribution in [0.4, 0.5) is 5.82 Å². The van der Waals surface area contributed by atoms with Crippen LogP contribution in [0.2, 0.25) is 0 Å². The summed E-state index contributed by atoms with van der Waals surface area (Å²) in [6.07, 6.45) is 8.60. The van der Waals surface area contributed by atoms with E-state index in [1.807, 2.05) is 13.8 Å². The Kier molecular flexibility index (Phi) is 4.04. The van der Waals surface area contributed by atoms with Gasteiger partial charge in [-0.05, 0) is 39.5 Å². The van der Waals surface area contributed by atoms with E-state index >= 15 is 0 Å². The van der Waals surface area contributed by atoms with E-state index in [-0.39, 0.29) is 11.6 Å². The van der Waals surface area contributed by atoms with E-state index in [1.165, 1.54) is 25.7 Å². The summed E-state index contributed by atoms with van der Waals surface area (Å²) < 4.78 is 1.72. The number of hydrogen-bond acceptors (Lipinski definition) is 3. The van der Waals surface area contributed by atoms with Crippen LogP contribution in [0.25, 0.3) is 0 Å². The molecule has 0 saturated heterocycles. The molecule has 2 rings (SSSR count). The molecule has 18 heavy (non-hydrogen) atoms. The van der Waals surface area contributed by atoms with Gasteiger partial charge < -0.3 is 9.88 Å². The summed E-state index contributed by atoms with van der Waals surface area (Å²) in [5, 5.41) is 3.30. The molecular weight excluding hydrogens is 226 g/mol. The van der Waals surface area contributed by atoms with Crippen molar-refractivity contribution >= 4 is 5.82 Å². The van der Waals surface area contributed by atoms with E-state index in [0.29, 0.717) is 17.8 Å². The van der Waals surface area contributed by atoms with Crippen molar-refractivity contribution in [2.75, 3.05) is 5.32 Å². The maximum atomic E-state index is 12.2. The fraction of sp³-hybridized carbons (Fsp3) is 0.714. The van der Waals surface area contributed by atoms with Crippen LogP contribution in [-0.4, -0.2) is 15.6 Å². The Hall–Kier alpha value is -1.32. The van der Waals surface area contributed by atoms with Crippen LogP contribution in [0.1, 0.15) is 52.5 Å². The molecule has 1 aromatic heterocycles. The molecule has 0 amide bonds. The first kappa shape index (κ1) is 13.1. The Labute approximate surface area is 108 Å². The third-order valence-electron chi connectivity index (χ3n) is 3.90. The molecule has 0 spiro atoms. The molecule has 0 radical (unpaired) electrons. The predicted octanol–water partition coefficient (Wildman–Crippen LogP) is 2.81. The quantitative estimate of drug-likeness (QED) is 0.892. The second kappa shape index (κ2) is 5.55. The molecule has 0 bridgehead atoms. The summed E-state index contributed by atoms with van der Waals surface area (Å²) >= 11 is 0. The van der Waals surface area contributed by atoms with Crippen LogP contribution in [0.15, 0.2) is 17.2 Å². The van der Waals surface area contributed by atoms with E-state index in [9.17, 15) is 4.79 Å². The second-order valence-electron chi connectivity index (χ2n) is 5.56. The molecule has 4 heteroatoms. The van der Waals surface area contributed by atoms with Gasteiger partial charge in [-0.3, -0.25) is 4.79 Å². The summed E-state index contributed by atoms with van der Waals surface area (Å²) in [6.45, 7) is 6.17. The van der Waals surface area contributed by atoms with E-state index in [1.54, 1.807) is 17.0 Å². The van der Waals surface area contributed by atoms with Gasteiger partial charge in [0.15, 0.2) is 5.82 Å².